The van der Waals surface area contributed by atoms with Crippen molar-refractivity contribution < 1.29 is 26.7 Å². The van der Waals surface area contributed by atoms with E-state index >= 15 is 0 Å². The van der Waals surface area contributed by atoms with Gasteiger partial charge in [-0.3, -0.25) is 0 Å². The van der Waals surface area contributed by atoms with E-state index in [0.29, 0.717) is 18.8 Å². The minimum absolute atomic E-state index is 0. The van der Waals surface area contributed by atoms with Gasteiger partial charge in [0.1, 0.15) is 12.6 Å². The standard InChI is InChI=1S/C10H14.C6H10O2.C4H10O.C3H8.CH2O.H2O.H2/c1-3-9(2)10-7-5-4-6-8-10;1-5(7)3-4-6(2)8;1-4(2,3)5;1-3-2;1-2;;/h4-9H,3H2,1-2H3;7H,1,3-4H2,2H3;5H,1-3H3;3H2,1-2H3;1H2;1H2;1H/t9-;;;;;;/m1....../s1. The molecule has 0 aliphatic rings. The number of hydrogen-bond acceptors (Lipinski definition) is 4. The van der Waals surface area contributed by atoms with Crippen molar-refractivity contribution >= 4 is 12.6 Å². The predicted octanol–water partition coefficient (Wildman–Crippen LogP) is 6.06. The Kier molecular flexibility index (Phi) is 33.9. The van der Waals surface area contributed by atoms with E-state index in [0.717, 1.165) is 0 Å². The van der Waals surface area contributed by atoms with Crippen molar-refractivity contribution in [3.63, 3.8) is 0 Å². The van der Waals surface area contributed by atoms with Gasteiger partial charge < -0.3 is 25.3 Å². The van der Waals surface area contributed by atoms with Gasteiger partial charge in [-0.2, -0.15) is 0 Å². The van der Waals surface area contributed by atoms with E-state index in [1.165, 1.54) is 25.3 Å². The molecule has 1 aromatic rings. The number of ketones is 1. The van der Waals surface area contributed by atoms with Gasteiger partial charge in [0.15, 0.2) is 0 Å². The van der Waals surface area contributed by atoms with Crippen LogP contribution in [-0.2, 0) is 9.59 Å². The zero-order chi connectivity index (χ0) is 23.2. The predicted molar refractivity (Wildman–Crippen MR) is 128 cm³/mol. The van der Waals surface area contributed by atoms with Crippen LogP contribution in [0, 0.1) is 0 Å². The highest BCUT2D eigenvalue weighted by Gasteiger charge is 1.99. The van der Waals surface area contributed by atoms with Crippen molar-refractivity contribution in [1.82, 2.24) is 0 Å². The van der Waals surface area contributed by atoms with Gasteiger partial charge >= 0.3 is 0 Å². The van der Waals surface area contributed by atoms with Crippen LogP contribution in [0.5, 0.6) is 0 Å². The molecule has 0 unspecified atom stereocenters. The second kappa shape index (κ2) is 26.0. The molecular formula is C24H48O5. The smallest absolute Gasteiger partial charge is 0.130 e. The molecule has 0 saturated carbocycles. The first-order valence-corrected chi connectivity index (χ1v) is 9.81. The Hall–Kier alpha value is -1.98. The maximum atomic E-state index is 10.2. The maximum absolute atomic E-state index is 10.2. The van der Waals surface area contributed by atoms with E-state index in [2.05, 4.69) is 64.6 Å². The maximum Gasteiger partial charge on any atom is 0.130 e. The Labute approximate surface area is 180 Å². The van der Waals surface area contributed by atoms with Gasteiger partial charge in [0.25, 0.3) is 0 Å². The van der Waals surface area contributed by atoms with Crippen molar-refractivity contribution in [3.05, 3.63) is 48.2 Å². The molecule has 0 amide bonds. The van der Waals surface area contributed by atoms with Gasteiger partial charge in [-0.15, -0.1) is 0 Å². The summed E-state index contributed by atoms with van der Waals surface area (Å²) in [5, 5.41) is 17.0. The van der Waals surface area contributed by atoms with E-state index in [-0.39, 0.29) is 18.4 Å². The zero-order valence-corrected chi connectivity index (χ0v) is 19.9. The molecule has 0 aromatic heterocycles. The molecule has 0 aliphatic carbocycles. The molecule has 0 aliphatic heterocycles. The Bertz CT molecular complexity index is 450. The molecule has 174 valence electrons. The number of carbonyl (C=O) groups excluding carboxylic acids is 2. The quantitative estimate of drug-likeness (QED) is 0.569. The normalized spacial score (nSPS) is 9.69. The van der Waals surface area contributed by atoms with E-state index in [4.69, 9.17) is 15.0 Å². The Morgan fingerprint density at radius 3 is 1.62 bits per heavy atom. The van der Waals surface area contributed by atoms with E-state index in [1.807, 2.05) is 6.79 Å². The number of allylic oxidation sites excluding steroid dienone is 1. The van der Waals surface area contributed by atoms with Crippen molar-refractivity contribution in [2.24, 2.45) is 0 Å². The highest BCUT2D eigenvalue weighted by Crippen LogP contribution is 2.16. The fourth-order valence-electron chi connectivity index (χ4n) is 1.34. The average Bonchev–Trinajstić information content (AvgIpc) is 2.61. The van der Waals surface area contributed by atoms with Crippen LogP contribution in [0.15, 0.2) is 42.7 Å². The van der Waals surface area contributed by atoms with Gasteiger partial charge in [0, 0.05) is 14.3 Å². The van der Waals surface area contributed by atoms with Gasteiger partial charge in [0.2, 0.25) is 0 Å². The van der Waals surface area contributed by atoms with Crippen molar-refractivity contribution in [3.8, 4) is 0 Å². The summed E-state index contributed by atoms with van der Waals surface area (Å²) in [5.74, 6) is 0.876. The average molecular weight is 417 g/mol. The van der Waals surface area contributed by atoms with Gasteiger partial charge in [0.05, 0.1) is 11.4 Å². The van der Waals surface area contributed by atoms with Crippen LogP contribution in [0.2, 0.25) is 0 Å². The fraction of sp³-hybridized carbons (Fsp3) is 0.583. The molecule has 5 heteroatoms. The summed E-state index contributed by atoms with van der Waals surface area (Å²) in [6.07, 6.45) is 3.27. The van der Waals surface area contributed by atoms with Crippen LogP contribution in [0.25, 0.3) is 0 Å². The Balaban J connectivity index is -0.0000000653. The fourth-order valence-corrected chi connectivity index (χ4v) is 1.34. The van der Waals surface area contributed by atoms with Crippen molar-refractivity contribution in [2.75, 3.05) is 0 Å². The lowest BCUT2D eigenvalue weighted by Crippen LogP contribution is -2.10. The molecule has 29 heavy (non-hydrogen) atoms. The summed E-state index contributed by atoms with van der Waals surface area (Å²) in [4.78, 5) is 18.2. The van der Waals surface area contributed by atoms with Crippen LogP contribution >= 0.6 is 0 Å². The van der Waals surface area contributed by atoms with E-state index in [1.54, 1.807) is 20.8 Å². The van der Waals surface area contributed by atoms with Crippen LogP contribution in [0.3, 0.4) is 0 Å². The van der Waals surface area contributed by atoms with Crippen LogP contribution in [-0.4, -0.2) is 33.9 Å². The minimum Gasteiger partial charge on any atom is -0.513 e. The number of benzene rings is 1. The first-order chi connectivity index (χ1) is 12.9. The molecule has 0 radical (unpaired) electrons. The lowest BCUT2D eigenvalue weighted by molar-refractivity contribution is -0.117. The second-order valence-corrected chi connectivity index (χ2v) is 7.37. The van der Waals surface area contributed by atoms with E-state index < -0.39 is 5.60 Å². The molecule has 0 heterocycles. The Morgan fingerprint density at radius 2 is 1.41 bits per heavy atom. The lowest BCUT2D eigenvalue weighted by Gasteiger charge is -2.06. The molecule has 0 fully saturated rings. The largest absolute Gasteiger partial charge is 0.513 e. The minimum atomic E-state index is -0.500. The molecule has 1 atom stereocenters. The number of hydrogen-bond donors (Lipinski definition) is 2. The summed E-state index contributed by atoms with van der Waals surface area (Å²) >= 11 is 0. The SMILES string of the molecule is C=C(O)CCC(C)=O.C=O.CC(C)(C)O.CCC.CC[C@@H](C)c1ccccc1.O.[HH]. The van der Waals surface area contributed by atoms with Crippen LogP contribution in [0.4, 0.5) is 0 Å². The second-order valence-electron chi connectivity index (χ2n) is 7.37. The molecular weight excluding hydrogens is 368 g/mol. The lowest BCUT2D eigenvalue weighted by atomic mass is 9.99. The summed E-state index contributed by atoms with van der Waals surface area (Å²) < 4.78 is 0. The summed E-state index contributed by atoms with van der Waals surface area (Å²) in [6.45, 7) is 20.7. The molecule has 0 spiro atoms. The number of aliphatic hydroxyl groups excluding tert-OH is 1. The first-order valence-electron chi connectivity index (χ1n) is 9.81. The summed E-state index contributed by atoms with van der Waals surface area (Å²) in [6, 6.07) is 10.6. The van der Waals surface area contributed by atoms with Gasteiger partial charge in [-0.25, -0.2) is 0 Å². The highest BCUT2D eigenvalue weighted by molar-refractivity contribution is 5.75. The third-order valence-corrected chi connectivity index (χ3v) is 2.75. The van der Waals surface area contributed by atoms with Crippen LogP contribution in [0.1, 0.15) is 94.0 Å². The molecule has 1 rings (SSSR count). The zero-order valence-electron chi connectivity index (χ0n) is 19.9. The van der Waals surface area contributed by atoms with Gasteiger partial charge in [-0.1, -0.05) is 71.0 Å². The third kappa shape index (κ3) is 51.8. The number of rotatable bonds is 5. The number of Topliss-reactive ketones (excluding diaryl/α,β-unsaturated/α-hetero) is 1. The first kappa shape index (κ1) is 37.7. The molecule has 0 bridgehead atoms. The topological polar surface area (TPSA) is 106 Å². The molecule has 4 N–H and O–H groups in total. The third-order valence-electron chi connectivity index (χ3n) is 2.75. The Morgan fingerprint density at radius 1 is 1.07 bits per heavy atom. The molecule has 1 aromatic carbocycles. The summed E-state index contributed by atoms with van der Waals surface area (Å²) in [5.41, 5.74) is 0.949. The highest BCUT2D eigenvalue weighted by atomic mass is 16.3. The monoisotopic (exact) mass is 416 g/mol. The van der Waals surface area contributed by atoms with Crippen LogP contribution < -0.4 is 0 Å². The number of carbonyl (C=O) groups is 2. The van der Waals surface area contributed by atoms with Crippen molar-refractivity contribution in [2.45, 2.75) is 92.6 Å². The summed E-state index contributed by atoms with van der Waals surface area (Å²) in [7, 11) is 0. The van der Waals surface area contributed by atoms with Gasteiger partial charge in [-0.05, 0) is 45.6 Å². The van der Waals surface area contributed by atoms with Crippen molar-refractivity contribution in [1.29, 1.82) is 0 Å². The van der Waals surface area contributed by atoms with E-state index in [9.17, 15) is 4.79 Å². The number of aliphatic hydroxyl groups is 2. The molecule has 5 nitrogen and oxygen atoms in total. The molecule has 0 saturated heterocycles.